The molecule has 1 aliphatic rings. The standard InChI is InChI=1S/C19H24N4O3/c1-2-3-8-20-15-6-7-16(21-14-15)18(24)22-9-11-23(12-10-22)19(25)17-5-4-13-26-17/h4-7,13-14,20H,2-3,8-12H2,1H3. The van der Waals surface area contributed by atoms with Crippen LogP contribution in [0.25, 0.3) is 0 Å². The molecule has 7 nitrogen and oxygen atoms in total. The zero-order chi connectivity index (χ0) is 18.4. The number of aromatic nitrogens is 1. The summed E-state index contributed by atoms with van der Waals surface area (Å²) in [7, 11) is 0. The van der Waals surface area contributed by atoms with E-state index in [9.17, 15) is 9.59 Å². The highest BCUT2D eigenvalue weighted by Gasteiger charge is 2.27. The van der Waals surface area contributed by atoms with Crippen LogP contribution in [0.5, 0.6) is 0 Å². The van der Waals surface area contributed by atoms with E-state index in [-0.39, 0.29) is 11.8 Å². The first kappa shape index (κ1) is 18.0. The Morgan fingerprint density at radius 1 is 1.12 bits per heavy atom. The van der Waals surface area contributed by atoms with Gasteiger partial charge >= 0.3 is 0 Å². The summed E-state index contributed by atoms with van der Waals surface area (Å²) < 4.78 is 5.15. The van der Waals surface area contributed by atoms with E-state index < -0.39 is 0 Å². The minimum Gasteiger partial charge on any atom is -0.459 e. The predicted molar refractivity (Wildman–Crippen MR) is 98.1 cm³/mol. The lowest BCUT2D eigenvalue weighted by molar-refractivity contribution is 0.0515. The van der Waals surface area contributed by atoms with E-state index in [4.69, 9.17) is 4.42 Å². The topological polar surface area (TPSA) is 78.7 Å². The first-order chi connectivity index (χ1) is 12.7. The lowest BCUT2D eigenvalue weighted by atomic mass is 10.2. The lowest BCUT2D eigenvalue weighted by Crippen LogP contribution is -2.50. The third-order valence-corrected chi connectivity index (χ3v) is 4.43. The largest absolute Gasteiger partial charge is 0.459 e. The molecule has 26 heavy (non-hydrogen) atoms. The van der Waals surface area contributed by atoms with Crippen LogP contribution in [0.1, 0.15) is 40.8 Å². The molecule has 3 rings (SSSR count). The molecule has 1 saturated heterocycles. The Morgan fingerprint density at radius 3 is 2.42 bits per heavy atom. The van der Waals surface area contributed by atoms with Crippen LogP contribution in [0.4, 0.5) is 5.69 Å². The Bertz CT molecular complexity index is 720. The average Bonchev–Trinajstić information content (AvgIpc) is 3.23. The van der Waals surface area contributed by atoms with Crippen molar-refractivity contribution in [2.45, 2.75) is 19.8 Å². The summed E-state index contributed by atoms with van der Waals surface area (Å²) in [6, 6.07) is 6.98. The molecule has 0 unspecified atom stereocenters. The molecule has 1 N–H and O–H groups in total. The van der Waals surface area contributed by atoms with Gasteiger partial charge in [-0.05, 0) is 30.7 Å². The number of carbonyl (C=O) groups is 2. The second-order valence-corrected chi connectivity index (χ2v) is 6.27. The number of unbranched alkanes of at least 4 members (excludes halogenated alkanes) is 1. The van der Waals surface area contributed by atoms with E-state index in [2.05, 4.69) is 17.2 Å². The number of carbonyl (C=O) groups excluding carboxylic acids is 2. The van der Waals surface area contributed by atoms with Crippen LogP contribution in [-0.4, -0.2) is 59.3 Å². The first-order valence-corrected chi connectivity index (χ1v) is 9.01. The van der Waals surface area contributed by atoms with Gasteiger partial charge in [0.2, 0.25) is 0 Å². The van der Waals surface area contributed by atoms with Gasteiger partial charge in [0.15, 0.2) is 5.76 Å². The van der Waals surface area contributed by atoms with E-state index in [1.165, 1.54) is 6.26 Å². The number of hydrogen-bond acceptors (Lipinski definition) is 5. The smallest absolute Gasteiger partial charge is 0.289 e. The molecule has 0 radical (unpaired) electrons. The van der Waals surface area contributed by atoms with Crippen LogP contribution in [0, 0.1) is 0 Å². The van der Waals surface area contributed by atoms with Crippen molar-refractivity contribution in [1.29, 1.82) is 0 Å². The van der Waals surface area contributed by atoms with E-state index in [0.29, 0.717) is 37.6 Å². The van der Waals surface area contributed by atoms with Gasteiger partial charge in [0, 0.05) is 32.7 Å². The molecular formula is C19H24N4O3. The highest BCUT2D eigenvalue weighted by molar-refractivity contribution is 5.93. The van der Waals surface area contributed by atoms with Gasteiger partial charge in [-0.1, -0.05) is 13.3 Å². The maximum Gasteiger partial charge on any atom is 0.289 e. The molecule has 138 valence electrons. The third kappa shape index (κ3) is 4.22. The van der Waals surface area contributed by atoms with Crippen molar-refractivity contribution >= 4 is 17.5 Å². The number of furan rings is 1. The van der Waals surface area contributed by atoms with E-state index in [0.717, 1.165) is 25.1 Å². The molecule has 2 aromatic heterocycles. The zero-order valence-corrected chi connectivity index (χ0v) is 15.0. The van der Waals surface area contributed by atoms with Crippen molar-refractivity contribution in [3.63, 3.8) is 0 Å². The summed E-state index contributed by atoms with van der Waals surface area (Å²) in [5.41, 5.74) is 1.35. The SMILES string of the molecule is CCCCNc1ccc(C(=O)N2CCN(C(=O)c3ccco3)CC2)nc1. The van der Waals surface area contributed by atoms with Crippen LogP contribution in [0.3, 0.4) is 0 Å². The molecule has 0 aliphatic carbocycles. The Balaban J connectivity index is 1.52. The molecule has 1 aliphatic heterocycles. The van der Waals surface area contributed by atoms with Gasteiger partial charge in [-0.15, -0.1) is 0 Å². The minimum atomic E-state index is -0.136. The van der Waals surface area contributed by atoms with Gasteiger partial charge in [-0.25, -0.2) is 4.98 Å². The Hall–Kier alpha value is -2.83. The number of pyridine rings is 1. The van der Waals surface area contributed by atoms with E-state index in [1.54, 1.807) is 34.2 Å². The molecule has 1 fully saturated rings. The van der Waals surface area contributed by atoms with Crippen LogP contribution in [0.2, 0.25) is 0 Å². The minimum absolute atomic E-state index is 0.102. The first-order valence-electron chi connectivity index (χ1n) is 9.01. The second-order valence-electron chi connectivity index (χ2n) is 6.27. The van der Waals surface area contributed by atoms with Crippen LogP contribution in [-0.2, 0) is 0 Å². The van der Waals surface area contributed by atoms with Gasteiger partial charge < -0.3 is 19.5 Å². The molecule has 3 heterocycles. The number of rotatable bonds is 6. The number of amides is 2. The summed E-state index contributed by atoms with van der Waals surface area (Å²) >= 11 is 0. The number of nitrogens with zero attached hydrogens (tertiary/aromatic N) is 3. The summed E-state index contributed by atoms with van der Waals surface area (Å²) in [5.74, 6) is 0.0931. The normalized spacial score (nSPS) is 14.3. The Labute approximate surface area is 153 Å². The van der Waals surface area contributed by atoms with Crippen LogP contribution < -0.4 is 5.32 Å². The van der Waals surface area contributed by atoms with Gasteiger partial charge in [0.05, 0.1) is 18.1 Å². The maximum absolute atomic E-state index is 12.6. The highest BCUT2D eigenvalue weighted by Crippen LogP contribution is 2.13. The molecule has 7 heteroatoms. The third-order valence-electron chi connectivity index (χ3n) is 4.43. The summed E-state index contributed by atoms with van der Waals surface area (Å²) in [6.07, 6.45) is 5.41. The summed E-state index contributed by atoms with van der Waals surface area (Å²) in [6.45, 7) is 5.00. The summed E-state index contributed by atoms with van der Waals surface area (Å²) in [4.78, 5) is 32.6. The van der Waals surface area contributed by atoms with E-state index >= 15 is 0 Å². The molecule has 2 amide bonds. The van der Waals surface area contributed by atoms with Crippen molar-refractivity contribution in [3.8, 4) is 0 Å². The van der Waals surface area contributed by atoms with Gasteiger partial charge in [0.1, 0.15) is 5.69 Å². The number of anilines is 1. The van der Waals surface area contributed by atoms with Gasteiger partial charge in [-0.3, -0.25) is 9.59 Å². The predicted octanol–water partition coefficient (Wildman–Crippen LogP) is 2.48. The fourth-order valence-corrected chi connectivity index (χ4v) is 2.87. The number of piperazine rings is 1. The molecule has 0 spiro atoms. The second kappa shape index (κ2) is 8.51. The average molecular weight is 356 g/mol. The van der Waals surface area contributed by atoms with Gasteiger partial charge in [-0.2, -0.15) is 0 Å². The molecule has 2 aromatic rings. The van der Waals surface area contributed by atoms with Crippen molar-refractivity contribution in [3.05, 3.63) is 48.2 Å². The zero-order valence-electron chi connectivity index (χ0n) is 15.0. The Kier molecular flexibility index (Phi) is 5.88. The van der Waals surface area contributed by atoms with Crippen molar-refractivity contribution in [2.24, 2.45) is 0 Å². The van der Waals surface area contributed by atoms with Crippen molar-refractivity contribution in [1.82, 2.24) is 14.8 Å². The molecule has 0 bridgehead atoms. The highest BCUT2D eigenvalue weighted by atomic mass is 16.3. The monoisotopic (exact) mass is 356 g/mol. The Morgan fingerprint density at radius 2 is 1.85 bits per heavy atom. The van der Waals surface area contributed by atoms with Crippen molar-refractivity contribution in [2.75, 3.05) is 38.0 Å². The summed E-state index contributed by atoms with van der Waals surface area (Å²) in [5, 5.41) is 3.28. The molecule has 0 saturated carbocycles. The number of hydrogen-bond donors (Lipinski definition) is 1. The molecular weight excluding hydrogens is 332 g/mol. The fraction of sp³-hybridized carbons (Fsp3) is 0.421. The quantitative estimate of drug-likeness (QED) is 0.805. The molecule has 0 atom stereocenters. The van der Waals surface area contributed by atoms with Crippen LogP contribution in [0.15, 0.2) is 41.1 Å². The maximum atomic E-state index is 12.6. The van der Waals surface area contributed by atoms with Gasteiger partial charge in [0.25, 0.3) is 11.8 Å². The van der Waals surface area contributed by atoms with Crippen LogP contribution >= 0.6 is 0 Å². The lowest BCUT2D eigenvalue weighted by Gasteiger charge is -2.34. The van der Waals surface area contributed by atoms with Crippen molar-refractivity contribution < 1.29 is 14.0 Å². The number of nitrogens with one attached hydrogen (secondary N) is 1. The molecule has 0 aromatic carbocycles. The fourth-order valence-electron chi connectivity index (χ4n) is 2.87. The van der Waals surface area contributed by atoms with E-state index in [1.807, 2.05) is 6.07 Å².